The minimum Gasteiger partial charge on any atom is -0.550 e. The number of thiazole rings is 1. The first kappa shape index (κ1) is 20.0. The Morgan fingerprint density at radius 3 is 2.64 bits per heavy atom. The van der Waals surface area contributed by atoms with Crippen LogP contribution in [-0.4, -0.2) is 25.2 Å². The maximum Gasteiger partial charge on any atom is 0.187 e. The number of ether oxygens (including phenoxy) is 2. The van der Waals surface area contributed by atoms with Gasteiger partial charge in [0.15, 0.2) is 5.13 Å². The van der Waals surface area contributed by atoms with Gasteiger partial charge in [-0.2, -0.15) is 0 Å². The Hall–Kier alpha value is -2.77. The average Bonchev–Trinajstić information content (AvgIpc) is 3.05. The number of methoxy groups -OCH3 is 2. The molecule has 0 saturated heterocycles. The van der Waals surface area contributed by atoms with Crippen LogP contribution in [0.1, 0.15) is 10.4 Å². The van der Waals surface area contributed by atoms with Gasteiger partial charge < -0.3 is 24.7 Å². The molecule has 6 nitrogen and oxygen atoms in total. The van der Waals surface area contributed by atoms with Crippen LogP contribution >= 0.6 is 22.9 Å². The normalized spacial score (nSPS) is 10.6. The summed E-state index contributed by atoms with van der Waals surface area (Å²) in [6, 6.07) is 10.9. The third kappa shape index (κ3) is 4.37. The zero-order valence-electron chi connectivity index (χ0n) is 15.5. The summed E-state index contributed by atoms with van der Waals surface area (Å²) in [5.74, 6) is -0.00431. The van der Waals surface area contributed by atoms with E-state index in [0.717, 1.165) is 11.3 Å². The average molecular weight is 418 g/mol. The predicted molar refractivity (Wildman–Crippen MR) is 109 cm³/mol. The predicted octanol–water partition coefficient (Wildman–Crippen LogP) is 3.83. The first-order valence-corrected chi connectivity index (χ1v) is 9.56. The van der Waals surface area contributed by atoms with Gasteiger partial charge in [0, 0.05) is 33.5 Å². The number of rotatable bonds is 7. The number of aromatic nitrogens is 1. The van der Waals surface area contributed by atoms with Crippen molar-refractivity contribution < 1.29 is 19.4 Å². The monoisotopic (exact) mass is 417 g/mol. The summed E-state index contributed by atoms with van der Waals surface area (Å²) >= 11 is 7.42. The van der Waals surface area contributed by atoms with Crippen LogP contribution in [0.25, 0.3) is 11.3 Å². The lowest BCUT2D eigenvalue weighted by Gasteiger charge is -2.10. The van der Waals surface area contributed by atoms with Crippen LogP contribution in [0.4, 0.5) is 10.8 Å². The fourth-order valence-corrected chi connectivity index (χ4v) is 3.82. The lowest BCUT2D eigenvalue weighted by molar-refractivity contribution is -0.304. The highest BCUT2D eigenvalue weighted by Crippen LogP contribution is 2.39. The zero-order valence-corrected chi connectivity index (χ0v) is 17.1. The summed E-state index contributed by atoms with van der Waals surface area (Å²) in [5.41, 5.74) is 2.87. The van der Waals surface area contributed by atoms with Crippen LogP contribution in [0.3, 0.4) is 0 Å². The Morgan fingerprint density at radius 1 is 1.21 bits per heavy atom. The smallest absolute Gasteiger partial charge is 0.187 e. The second-order valence-corrected chi connectivity index (χ2v) is 7.49. The van der Waals surface area contributed by atoms with Gasteiger partial charge in [0.2, 0.25) is 0 Å². The van der Waals surface area contributed by atoms with E-state index in [1.165, 1.54) is 11.3 Å². The van der Waals surface area contributed by atoms with Gasteiger partial charge in [0.25, 0.3) is 0 Å². The largest absolute Gasteiger partial charge is 0.550 e. The molecule has 146 valence electrons. The number of halogens is 1. The van der Waals surface area contributed by atoms with E-state index >= 15 is 0 Å². The number of carbonyl (C=O) groups is 1. The van der Waals surface area contributed by atoms with Gasteiger partial charge in [-0.1, -0.05) is 17.7 Å². The molecule has 1 aromatic heterocycles. The molecule has 8 heteroatoms. The van der Waals surface area contributed by atoms with Gasteiger partial charge >= 0.3 is 0 Å². The molecule has 0 bridgehead atoms. The highest BCUT2D eigenvalue weighted by Gasteiger charge is 2.18. The summed E-state index contributed by atoms with van der Waals surface area (Å²) in [7, 11) is 3.10. The Bertz CT molecular complexity index is 1020. The molecule has 1 N–H and O–H groups in total. The highest BCUT2D eigenvalue weighted by molar-refractivity contribution is 7.16. The van der Waals surface area contributed by atoms with E-state index < -0.39 is 5.97 Å². The van der Waals surface area contributed by atoms with Crippen molar-refractivity contribution in [2.24, 2.45) is 0 Å². The molecule has 0 saturated carbocycles. The summed E-state index contributed by atoms with van der Waals surface area (Å²) in [5, 5.41) is 15.6. The fourth-order valence-electron chi connectivity index (χ4n) is 2.66. The van der Waals surface area contributed by atoms with E-state index in [1.54, 1.807) is 38.5 Å². The van der Waals surface area contributed by atoms with Gasteiger partial charge in [0.05, 0.1) is 19.9 Å². The number of carboxylic acid groups (broad SMARTS) is 1. The molecular weight excluding hydrogens is 400 g/mol. The molecule has 3 rings (SSSR count). The number of anilines is 2. The first-order chi connectivity index (χ1) is 13.4. The Balaban J connectivity index is 2.05. The van der Waals surface area contributed by atoms with Gasteiger partial charge in [-0.15, -0.1) is 11.3 Å². The Morgan fingerprint density at radius 2 is 2.00 bits per heavy atom. The summed E-state index contributed by atoms with van der Waals surface area (Å²) < 4.78 is 10.7. The summed E-state index contributed by atoms with van der Waals surface area (Å²) in [4.78, 5) is 16.4. The van der Waals surface area contributed by atoms with Gasteiger partial charge in [-0.25, -0.2) is 4.98 Å². The van der Waals surface area contributed by atoms with Crippen LogP contribution in [0.2, 0.25) is 5.02 Å². The lowest BCUT2D eigenvalue weighted by Crippen LogP contribution is -2.24. The molecule has 0 amide bonds. The number of carboxylic acids is 1. The maximum atomic E-state index is 11.3. The number of aliphatic carboxylic acids is 1. The molecule has 0 atom stereocenters. The van der Waals surface area contributed by atoms with Crippen molar-refractivity contribution in [3.63, 3.8) is 0 Å². The van der Waals surface area contributed by atoms with Crippen molar-refractivity contribution in [3.05, 3.63) is 51.9 Å². The van der Waals surface area contributed by atoms with Crippen LogP contribution in [0.15, 0.2) is 36.4 Å². The molecule has 3 aromatic rings. The molecule has 0 fully saturated rings. The molecular formula is C20H18ClN2O4S-. The van der Waals surface area contributed by atoms with Crippen LogP contribution < -0.4 is 19.9 Å². The number of hydrogen-bond acceptors (Lipinski definition) is 7. The van der Waals surface area contributed by atoms with Crippen molar-refractivity contribution in [1.82, 2.24) is 4.98 Å². The highest BCUT2D eigenvalue weighted by atomic mass is 35.5. The van der Waals surface area contributed by atoms with E-state index in [4.69, 9.17) is 21.1 Å². The maximum absolute atomic E-state index is 11.3. The molecule has 0 spiro atoms. The van der Waals surface area contributed by atoms with Crippen molar-refractivity contribution in [3.8, 4) is 22.8 Å². The molecule has 0 aliphatic rings. The second-order valence-electron chi connectivity index (χ2n) is 5.99. The Kier molecular flexibility index (Phi) is 6.06. The van der Waals surface area contributed by atoms with Crippen molar-refractivity contribution in [2.45, 2.75) is 13.3 Å². The van der Waals surface area contributed by atoms with E-state index in [0.29, 0.717) is 37.8 Å². The molecule has 2 aromatic carbocycles. The van der Waals surface area contributed by atoms with E-state index in [1.807, 2.05) is 19.1 Å². The molecule has 0 aliphatic heterocycles. The molecule has 0 aliphatic carbocycles. The quantitative estimate of drug-likeness (QED) is 0.629. The number of carbonyl (C=O) groups excluding carboxylic acids is 1. The third-order valence-corrected chi connectivity index (χ3v) is 5.47. The topological polar surface area (TPSA) is 83.5 Å². The zero-order chi connectivity index (χ0) is 20.3. The van der Waals surface area contributed by atoms with Crippen molar-refractivity contribution in [2.75, 3.05) is 19.5 Å². The third-order valence-electron chi connectivity index (χ3n) is 4.09. The lowest BCUT2D eigenvalue weighted by atomic mass is 10.1. The minimum absolute atomic E-state index is 0.260. The molecule has 0 unspecified atom stereocenters. The Labute approximate surface area is 171 Å². The molecule has 1 heterocycles. The number of nitrogens with one attached hydrogen (secondary N) is 1. The summed E-state index contributed by atoms with van der Waals surface area (Å²) in [6.07, 6.45) is -0.260. The fraction of sp³-hybridized carbons (Fsp3) is 0.200. The van der Waals surface area contributed by atoms with Crippen LogP contribution in [0.5, 0.6) is 11.5 Å². The van der Waals surface area contributed by atoms with Crippen LogP contribution in [0, 0.1) is 6.92 Å². The minimum atomic E-state index is -1.18. The number of hydrogen-bond donors (Lipinski definition) is 1. The van der Waals surface area contributed by atoms with Gasteiger partial charge in [0.1, 0.15) is 11.5 Å². The SMILES string of the molecule is COc1ccc(OC)c(-c2nc(Nc3ccc(C)c(Cl)c3)sc2CC(=O)[O-])c1. The van der Waals surface area contributed by atoms with Crippen molar-refractivity contribution >= 4 is 39.7 Å². The number of aryl methyl sites for hydroxylation is 1. The van der Waals surface area contributed by atoms with Gasteiger partial charge in [-0.05, 0) is 42.8 Å². The second kappa shape index (κ2) is 8.50. The van der Waals surface area contributed by atoms with E-state index in [9.17, 15) is 9.90 Å². The number of benzene rings is 2. The van der Waals surface area contributed by atoms with E-state index in [-0.39, 0.29) is 6.42 Å². The molecule has 28 heavy (non-hydrogen) atoms. The molecule has 0 radical (unpaired) electrons. The standard InChI is InChI=1S/C20H19ClN2O4S/c1-11-4-5-12(8-15(11)21)22-20-23-19(17(28-20)10-18(24)25)14-9-13(26-2)6-7-16(14)27-3/h4-9H,10H2,1-3H3,(H,22,23)(H,24,25)/p-1. The van der Waals surface area contributed by atoms with Gasteiger partial charge in [-0.3, -0.25) is 0 Å². The van der Waals surface area contributed by atoms with E-state index in [2.05, 4.69) is 10.3 Å². The van der Waals surface area contributed by atoms with Crippen LogP contribution in [-0.2, 0) is 11.2 Å². The van der Waals surface area contributed by atoms with Crippen molar-refractivity contribution in [1.29, 1.82) is 0 Å². The number of nitrogens with zero attached hydrogens (tertiary/aromatic N) is 1. The summed E-state index contributed by atoms with van der Waals surface area (Å²) in [6.45, 7) is 1.92. The first-order valence-electron chi connectivity index (χ1n) is 8.36.